The third-order valence-electron chi connectivity index (χ3n) is 4.56. The number of H-pyrrole nitrogens is 1. The number of rotatable bonds is 2. The Balaban J connectivity index is 1.67. The van der Waals surface area contributed by atoms with Gasteiger partial charge in [-0.15, -0.1) is 0 Å². The summed E-state index contributed by atoms with van der Waals surface area (Å²) >= 11 is 0. The zero-order valence-electron chi connectivity index (χ0n) is 13.2. The van der Waals surface area contributed by atoms with Gasteiger partial charge < -0.3 is 9.88 Å². The van der Waals surface area contributed by atoms with Gasteiger partial charge in [-0.1, -0.05) is 18.2 Å². The molecule has 0 spiro atoms. The summed E-state index contributed by atoms with van der Waals surface area (Å²) in [5, 5.41) is 5.08. The van der Waals surface area contributed by atoms with Crippen LogP contribution < -0.4 is 5.56 Å². The SMILES string of the molecule is O=C(c1cc(=O)[nH]c2ccccc12)N1CCC[C@@H](n2cccn2)C1. The van der Waals surface area contributed by atoms with Gasteiger partial charge in [-0.25, -0.2) is 0 Å². The van der Waals surface area contributed by atoms with Gasteiger partial charge in [0.2, 0.25) is 5.56 Å². The van der Waals surface area contributed by atoms with E-state index in [9.17, 15) is 9.59 Å². The third kappa shape index (κ3) is 2.60. The maximum absolute atomic E-state index is 13.0. The number of aromatic nitrogens is 3. The summed E-state index contributed by atoms with van der Waals surface area (Å²) in [6.45, 7) is 1.32. The topological polar surface area (TPSA) is 71.0 Å². The lowest BCUT2D eigenvalue weighted by atomic mass is 10.0. The maximum Gasteiger partial charge on any atom is 0.254 e. The first-order valence-electron chi connectivity index (χ1n) is 8.13. The molecule has 4 rings (SSSR count). The highest BCUT2D eigenvalue weighted by Crippen LogP contribution is 2.24. The van der Waals surface area contributed by atoms with Crippen molar-refractivity contribution in [3.63, 3.8) is 0 Å². The molecule has 1 N–H and O–H groups in total. The van der Waals surface area contributed by atoms with Crippen LogP contribution in [0.1, 0.15) is 29.2 Å². The minimum Gasteiger partial charge on any atom is -0.336 e. The Morgan fingerprint density at radius 3 is 2.96 bits per heavy atom. The largest absolute Gasteiger partial charge is 0.336 e. The predicted molar refractivity (Wildman–Crippen MR) is 91.0 cm³/mol. The first-order chi connectivity index (χ1) is 11.7. The van der Waals surface area contributed by atoms with Crippen molar-refractivity contribution in [1.82, 2.24) is 19.7 Å². The molecule has 0 bridgehead atoms. The molecular weight excluding hydrogens is 304 g/mol. The molecule has 1 amide bonds. The number of para-hydroxylation sites is 1. The summed E-state index contributed by atoms with van der Waals surface area (Å²) < 4.78 is 1.91. The molecule has 3 heterocycles. The molecular formula is C18H18N4O2. The smallest absolute Gasteiger partial charge is 0.254 e. The Bertz CT molecular complexity index is 930. The Hall–Kier alpha value is -2.89. The maximum atomic E-state index is 13.0. The molecule has 1 aliphatic heterocycles. The zero-order chi connectivity index (χ0) is 16.5. The highest BCUT2D eigenvalue weighted by molar-refractivity contribution is 6.05. The van der Waals surface area contributed by atoms with Crippen LogP contribution in [-0.2, 0) is 0 Å². The fraction of sp³-hybridized carbons (Fsp3) is 0.278. The number of carbonyl (C=O) groups excluding carboxylic acids is 1. The number of nitrogens with zero attached hydrogens (tertiary/aromatic N) is 3. The van der Waals surface area contributed by atoms with E-state index in [1.807, 2.05) is 46.1 Å². The Morgan fingerprint density at radius 2 is 2.12 bits per heavy atom. The Morgan fingerprint density at radius 1 is 1.25 bits per heavy atom. The van der Waals surface area contributed by atoms with Gasteiger partial charge in [0, 0.05) is 42.5 Å². The quantitative estimate of drug-likeness (QED) is 0.786. The number of likely N-dealkylation sites (tertiary alicyclic amines) is 1. The van der Waals surface area contributed by atoms with Gasteiger partial charge in [0.05, 0.1) is 11.6 Å². The fourth-order valence-corrected chi connectivity index (χ4v) is 3.40. The molecule has 1 atom stereocenters. The van der Waals surface area contributed by atoms with E-state index in [0.29, 0.717) is 24.2 Å². The number of nitrogens with one attached hydrogen (secondary N) is 1. The molecule has 0 aliphatic carbocycles. The number of amides is 1. The molecule has 0 radical (unpaired) electrons. The average Bonchev–Trinajstić information content (AvgIpc) is 3.15. The predicted octanol–water partition coefficient (Wildman–Crippen LogP) is 2.20. The first kappa shape index (κ1) is 14.7. The van der Waals surface area contributed by atoms with Gasteiger partial charge in [0.1, 0.15) is 0 Å². The number of carbonyl (C=O) groups is 1. The van der Waals surface area contributed by atoms with Crippen LogP contribution in [0, 0.1) is 0 Å². The second-order valence-electron chi connectivity index (χ2n) is 6.13. The van der Waals surface area contributed by atoms with Gasteiger partial charge >= 0.3 is 0 Å². The lowest BCUT2D eigenvalue weighted by molar-refractivity contribution is 0.0675. The molecule has 1 saturated heterocycles. The zero-order valence-corrected chi connectivity index (χ0v) is 13.2. The summed E-state index contributed by atoms with van der Waals surface area (Å²) in [5.74, 6) is -0.0887. The van der Waals surface area contributed by atoms with E-state index in [1.54, 1.807) is 6.20 Å². The number of fused-ring (bicyclic) bond motifs is 1. The highest BCUT2D eigenvalue weighted by atomic mass is 16.2. The van der Waals surface area contributed by atoms with E-state index in [-0.39, 0.29) is 17.5 Å². The van der Waals surface area contributed by atoms with Crippen LogP contribution >= 0.6 is 0 Å². The van der Waals surface area contributed by atoms with Crippen LogP contribution in [0.2, 0.25) is 0 Å². The van der Waals surface area contributed by atoms with E-state index in [2.05, 4.69) is 10.1 Å². The highest BCUT2D eigenvalue weighted by Gasteiger charge is 2.26. The number of aromatic amines is 1. The molecule has 6 heteroatoms. The van der Waals surface area contributed by atoms with Gasteiger partial charge in [-0.05, 0) is 25.0 Å². The molecule has 1 fully saturated rings. The van der Waals surface area contributed by atoms with Crippen LogP contribution in [-0.4, -0.2) is 38.7 Å². The van der Waals surface area contributed by atoms with E-state index >= 15 is 0 Å². The molecule has 0 saturated carbocycles. The van der Waals surface area contributed by atoms with E-state index < -0.39 is 0 Å². The molecule has 24 heavy (non-hydrogen) atoms. The summed E-state index contributed by atoms with van der Waals surface area (Å²) in [6.07, 6.45) is 5.62. The standard InChI is InChI=1S/C18H18N4O2/c23-17-11-15(14-6-1-2-7-16(14)20-17)18(24)21-9-3-5-13(12-21)22-10-4-8-19-22/h1-2,4,6-8,10-11,13H,3,5,9,12H2,(H,20,23)/t13-/m1/s1. The minimum atomic E-state index is -0.252. The fourth-order valence-electron chi connectivity index (χ4n) is 3.40. The van der Waals surface area contributed by atoms with Crippen LogP contribution in [0.3, 0.4) is 0 Å². The summed E-state index contributed by atoms with van der Waals surface area (Å²) in [4.78, 5) is 29.5. The molecule has 1 aliphatic rings. The Labute approximate surface area is 138 Å². The Kier molecular flexibility index (Phi) is 3.65. The summed E-state index contributed by atoms with van der Waals surface area (Å²) in [5.41, 5.74) is 0.905. The first-order valence-corrected chi connectivity index (χ1v) is 8.13. The third-order valence-corrected chi connectivity index (χ3v) is 4.56. The van der Waals surface area contributed by atoms with Gasteiger partial charge in [-0.3, -0.25) is 14.3 Å². The van der Waals surface area contributed by atoms with Crippen molar-refractivity contribution < 1.29 is 4.79 Å². The van der Waals surface area contributed by atoms with Crippen molar-refractivity contribution in [3.05, 3.63) is 64.7 Å². The monoisotopic (exact) mass is 322 g/mol. The van der Waals surface area contributed by atoms with E-state index in [0.717, 1.165) is 18.2 Å². The number of pyridine rings is 1. The molecule has 3 aromatic rings. The lowest BCUT2D eigenvalue weighted by Gasteiger charge is -2.33. The number of piperidine rings is 1. The molecule has 1 aromatic carbocycles. The van der Waals surface area contributed by atoms with Crippen molar-refractivity contribution in [2.24, 2.45) is 0 Å². The number of benzene rings is 1. The number of hydrogen-bond donors (Lipinski definition) is 1. The normalized spacial score (nSPS) is 18.0. The molecule has 0 unspecified atom stereocenters. The van der Waals surface area contributed by atoms with Crippen LogP contribution in [0.15, 0.2) is 53.6 Å². The number of hydrogen-bond acceptors (Lipinski definition) is 3. The summed E-state index contributed by atoms with van der Waals surface area (Å²) in [7, 11) is 0. The van der Waals surface area contributed by atoms with Gasteiger partial charge in [-0.2, -0.15) is 5.10 Å². The second-order valence-corrected chi connectivity index (χ2v) is 6.13. The lowest BCUT2D eigenvalue weighted by Crippen LogP contribution is -2.41. The minimum absolute atomic E-state index is 0.0887. The van der Waals surface area contributed by atoms with Crippen molar-refractivity contribution in [1.29, 1.82) is 0 Å². The van der Waals surface area contributed by atoms with Gasteiger partial charge in [0.15, 0.2) is 0 Å². The van der Waals surface area contributed by atoms with Crippen molar-refractivity contribution >= 4 is 16.8 Å². The summed E-state index contributed by atoms with van der Waals surface area (Å²) in [6, 6.07) is 10.9. The van der Waals surface area contributed by atoms with Crippen LogP contribution in [0.25, 0.3) is 10.9 Å². The van der Waals surface area contributed by atoms with Crippen LogP contribution in [0.5, 0.6) is 0 Å². The second kappa shape index (κ2) is 5.96. The van der Waals surface area contributed by atoms with Crippen molar-refractivity contribution in [2.75, 3.05) is 13.1 Å². The van der Waals surface area contributed by atoms with E-state index in [4.69, 9.17) is 0 Å². The van der Waals surface area contributed by atoms with Crippen LogP contribution in [0.4, 0.5) is 0 Å². The van der Waals surface area contributed by atoms with Crippen molar-refractivity contribution in [3.8, 4) is 0 Å². The molecule has 122 valence electrons. The molecule has 2 aromatic heterocycles. The van der Waals surface area contributed by atoms with Gasteiger partial charge in [0.25, 0.3) is 5.91 Å². The van der Waals surface area contributed by atoms with E-state index in [1.165, 1.54) is 6.07 Å². The van der Waals surface area contributed by atoms with Crippen molar-refractivity contribution in [2.45, 2.75) is 18.9 Å². The molecule has 6 nitrogen and oxygen atoms in total. The average molecular weight is 322 g/mol.